The lowest BCUT2D eigenvalue weighted by Crippen LogP contribution is -2.34. The highest BCUT2D eigenvalue weighted by molar-refractivity contribution is 5.32. The van der Waals surface area contributed by atoms with Gasteiger partial charge in [0, 0.05) is 0 Å². The quantitative estimate of drug-likeness (QED) is 0.478. The predicted molar refractivity (Wildman–Crippen MR) is 94.3 cm³/mol. The van der Waals surface area contributed by atoms with Crippen LogP contribution >= 0.6 is 0 Å². The molecule has 2 bridgehead atoms. The van der Waals surface area contributed by atoms with Gasteiger partial charge in [0.15, 0.2) is 0 Å². The van der Waals surface area contributed by atoms with Gasteiger partial charge in [0.2, 0.25) is 0 Å². The van der Waals surface area contributed by atoms with Crippen LogP contribution in [0.15, 0.2) is 34.4 Å². The standard InChI is InChI=1S/C21H31N/c1-15-7-6-8-16(2)13-18(14-22)20-17(3)10-12-19(11-9-15)21(20,4)5/h8-9,18-19H,6-7,10-13H2,1-5H3/b15-9?,16-8+/t18-,19+/m0/s1. The predicted octanol–water partition coefficient (Wildman–Crippen LogP) is 6.35. The van der Waals surface area contributed by atoms with Crippen molar-refractivity contribution in [1.82, 2.24) is 0 Å². The molecule has 0 aromatic heterocycles. The van der Waals surface area contributed by atoms with E-state index < -0.39 is 0 Å². The molecule has 22 heavy (non-hydrogen) atoms. The van der Waals surface area contributed by atoms with Gasteiger partial charge in [0.1, 0.15) is 0 Å². The molecule has 0 saturated heterocycles. The largest absolute Gasteiger partial charge is 0.198 e. The number of allylic oxidation sites excluding steroid dienone is 6. The first-order valence-corrected chi connectivity index (χ1v) is 8.77. The molecule has 2 aliphatic rings. The van der Waals surface area contributed by atoms with Crippen LogP contribution in [0, 0.1) is 28.6 Å². The molecule has 0 aliphatic heterocycles. The fourth-order valence-electron chi connectivity index (χ4n) is 4.42. The van der Waals surface area contributed by atoms with Crippen LogP contribution in [-0.2, 0) is 0 Å². The fourth-order valence-corrected chi connectivity index (χ4v) is 4.42. The number of hydrogen-bond acceptors (Lipinski definition) is 1. The number of nitrogens with zero attached hydrogens (tertiary/aromatic N) is 1. The van der Waals surface area contributed by atoms with Gasteiger partial charge in [-0.2, -0.15) is 5.26 Å². The van der Waals surface area contributed by atoms with Crippen LogP contribution in [0.5, 0.6) is 0 Å². The third kappa shape index (κ3) is 3.54. The van der Waals surface area contributed by atoms with Crippen molar-refractivity contribution >= 4 is 0 Å². The van der Waals surface area contributed by atoms with Crippen molar-refractivity contribution in [3.05, 3.63) is 34.4 Å². The first kappa shape index (κ1) is 17.1. The summed E-state index contributed by atoms with van der Waals surface area (Å²) in [5, 5.41) is 9.79. The van der Waals surface area contributed by atoms with Gasteiger partial charge in [-0.1, -0.05) is 42.7 Å². The van der Waals surface area contributed by atoms with Crippen molar-refractivity contribution in [2.24, 2.45) is 17.3 Å². The Morgan fingerprint density at radius 1 is 1.09 bits per heavy atom. The van der Waals surface area contributed by atoms with E-state index in [0.29, 0.717) is 5.92 Å². The minimum Gasteiger partial charge on any atom is -0.198 e. The lowest BCUT2D eigenvalue weighted by atomic mass is 9.60. The summed E-state index contributed by atoms with van der Waals surface area (Å²) in [6.45, 7) is 11.5. The van der Waals surface area contributed by atoms with Crippen molar-refractivity contribution in [3.63, 3.8) is 0 Å². The molecule has 0 amide bonds. The molecule has 0 saturated carbocycles. The molecule has 0 fully saturated rings. The smallest absolute Gasteiger partial charge is 0.0717 e. The van der Waals surface area contributed by atoms with Crippen LogP contribution < -0.4 is 0 Å². The van der Waals surface area contributed by atoms with Crippen LogP contribution in [-0.4, -0.2) is 0 Å². The molecule has 0 N–H and O–H groups in total. The second-order valence-corrected chi connectivity index (χ2v) is 7.91. The number of rotatable bonds is 0. The Bertz CT molecular complexity index is 551. The second kappa shape index (κ2) is 6.86. The highest BCUT2D eigenvalue weighted by atomic mass is 14.4. The van der Waals surface area contributed by atoms with E-state index in [9.17, 15) is 5.26 Å². The maximum Gasteiger partial charge on any atom is 0.0717 e. The highest BCUT2D eigenvalue weighted by Gasteiger charge is 2.40. The summed E-state index contributed by atoms with van der Waals surface area (Å²) < 4.78 is 0. The first-order chi connectivity index (χ1) is 10.4. The van der Waals surface area contributed by atoms with Gasteiger partial charge >= 0.3 is 0 Å². The van der Waals surface area contributed by atoms with Gasteiger partial charge in [-0.3, -0.25) is 0 Å². The van der Waals surface area contributed by atoms with Crippen LogP contribution in [0.25, 0.3) is 0 Å². The second-order valence-electron chi connectivity index (χ2n) is 7.91. The van der Waals surface area contributed by atoms with Crippen molar-refractivity contribution in [2.75, 3.05) is 0 Å². The van der Waals surface area contributed by atoms with Gasteiger partial charge in [-0.05, 0) is 76.2 Å². The minimum absolute atomic E-state index is 0.0542. The van der Waals surface area contributed by atoms with Gasteiger partial charge in [0.05, 0.1) is 12.0 Å². The molecule has 0 unspecified atom stereocenters. The van der Waals surface area contributed by atoms with Crippen molar-refractivity contribution in [1.29, 1.82) is 5.26 Å². The van der Waals surface area contributed by atoms with Crippen LogP contribution in [0.3, 0.4) is 0 Å². The van der Waals surface area contributed by atoms with E-state index in [1.165, 1.54) is 28.7 Å². The molecule has 2 rings (SSSR count). The monoisotopic (exact) mass is 297 g/mol. The normalized spacial score (nSPS) is 32.0. The molecule has 0 heterocycles. The molecular formula is C21H31N. The lowest BCUT2D eigenvalue weighted by molar-refractivity contribution is 0.214. The van der Waals surface area contributed by atoms with E-state index in [2.05, 4.69) is 52.8 Å². The van der Waals surface area contributed by atoms with E-state index in [1.54, 1.807) is 0 Å². The summed E-state index contributed by atoms with van der Waals surface area (Å²) in [5.74, 6) is 0.722. The minimum atomic E-state index is 0.0542. The van der Waals surface area contributed by atoms with Gasteiger partial charge in [0.25, 0.3) is 0 Å². The first-order valence-electron chi connectivity index (χ1n) is 8.77. The van der Waals surface area contributed by atoms with E-state index in [0.717, 1.165) is 32.1 Å². The van der Waals surface area contributed by atoms with E-state index >= 15 is 0 Å². The van der Waals surface area contributed by atoms with Crippen LogP contribution in [0.4, 0.5) is 0 Å². The molecular weight excluding hydrogens is 266 g/mol. The third-order valence-electron chi connectivity index (χ3n) is 5.86. The Kier molecular flexibility index (Phi) is 5.32. The van der Waals surface area contributed by atoms with Gasteiger partial charge < -0.3 is 0 Å². The van der Waals surface area contributed by atoms with E-state index in [-0.39, 0.29) is 11.3 Å². The Morgan fingerprint density at radius 3 is 2.50 bits per heavy atom. The molecule has 120 valence electrons. The Morgan fingerprint density at radius 2 is 1.82 bits per heavy atom. The van der Waals surface area contributed by atoms with Crippen molar-refractivity contribution in [2.45, 2.75) is 73.1 Å². The third-order valence-corrected chi connectivity index (χ3v) is 5.86. The van der Waals surface area contributed by atoms with Crippen LogP contribution in [0.2, 0.25) is 0 Å². The summed E-state index contributed by atoms with van der Waals surface area (Å²) in [4.78, 5) is 0. The average Bonchev–Trinajstić information content (AvgIpc) is 2.43. The van der Waals surface area contributed by atoms with Crippen molar-refractivity contribution in [3.8, 4) is 6.07 Å². The van der Waals surface area contributed by atoms with Crippen LogP contribution in [0.1, 0.15) is 73.1 Å². The molecule has 0 radical (unpaired) electrons. The number of nitriles is 1. The summed E-state index contributed by atoms with van der Waals surface area (Å²) in [7, 11) is 0. The molecule has 2 aliphatic carbocycles. The number of fused-ring (bicyclic) bond motifs is 2. The van der Waals surface area contributed by atoms with Crippen molar-refractivity contribution < 1.29 is 0 Å². The SMILES string of the molecule is CC1=CC[C@@H]2CCC(C)=C([C@H](C#N)C/C(C)=C/CC1)C2(C)C. The fraction of sp³-hybridized carbons (Fsp3) is 0.667. The Hall–Kier alpha value is -1.29. The Balaban J connectivity index is 2.47. The molecule has 0 aromatic carbocycles. The van der Waals surface area contributed by atoms with E-state index in [1.807, 2.05) is 0 Å². The lowest BCUT2D eigenvalue weighted by Gasteiger charge is -2.43. The molecule has 2 atom stereocenters. The summed E-state index contributed by atoms with van der Waals surface area (Å²) in [6, 6.07) is 2.62. The van der Waals surface area contributed by atoms with Gasteiger partial charge in [-0.15, -0.1) is 0 Å². The summed E-state index contributed by atoms with van der Waals surface area (Å²) in [6.07, 6.45) is 11.6. The molecule has 1 heteroatoms. The number of hydrogen-bond donors (Lipinski definition) is 0. The van der Waals surface area contributed by atoms with E-state index in [4.69, 9.17) is 0 Å². The summed E-state index contributed by atoms with van der Waals surface area (Å²) in [5.41, 5.74) is 5.94. The average molecular weight is 297 g/mol. The Labute approximate surface area is 136 Å². The molecule has 1 nitrogen and oxygen atoms in total. The zero-order chi connectivity index (χ0) is 16.3. The zero-order valence-corrected chi connectivity index (χ0v) is 15.0. The highest BCUT2D eigenvalue weighted by Crippen LogP contribution is 2.50. The zero-order valence-electron chi connectivity index (χ0n) is 15.0. The maximum atomic E-state index is 9.79. The van der Waals surface area contributed by atoms with Gasteiger partial charge in [-0.25, -0.2) is 0 Å². The molecule has 0 spiro atoms. The topological polar surface area (TPSA) is 23.8 Å². The maximum absolute atomic E-state index is 9.79. The summed E-state index contributed by atoms with van der Waals surface area (Å²) >= 11 is 0. The molecule has 0 aromatic rings.